The van der Waals surface area contributed by atoms with E-state index >= 15 is 0 Å². The Morgan fingerprint density at radius 3 is 2.85 bits per heavy atom. The molecule has 1 N–H and O–H groups in total. The Kier molecular flexibility index (Phi) is 2.75. The molecule has 0 saturated carbocycles. The third kappa shape index (κ3) is 1.98. The molecule has 0 saturated heterocycles. The van der Waals surface area contributed by atoms with Gasteiger partial charge in [-0.2, -0.15) is 0 Å². The second-order valence-corrected chi connectivity index (χ2v) is 5.33. The fourth-order valence-electron chi connectivity index (χ4n) is 2.89. The third-order valence-electron chi connectivity index (χ3n) is 4.02. The normalized spacial score (nSPS) is 14.2. The Labute approximate surface area is 118 Å². The molecule has 0 radical (unpaired) electrons. The minimum absolute atomic E-state index is 0.992. The summed E-state index contributed by atoms with van der Waals surface area (Å²) < 4.78 is 0. The van der Waals surface area contributed by atoms with Crippen LogP contribution in [0.15, 0.2) is 54.7 Å². The minimum atomic E-state index is 0.992. The molecule has 20 heavy (non-hydrogen) atoms. The summed E-state index contributed by atoms with van der Waals surface area (Å²) in [6.45, 7) is 2.07. The molecule has 4 rings (SSSR count). The number of hydrogen-bond acceptors (Lipinski definition) is 2. The molecule has 0 amide bonds. The van der Waals surface area contributed by atoms with Gasteiger partial charge < -0.3 is 5.32 Å². The van der Waals surface area contributed by atoms with E-state index in [0.717, 1.165) is 25.0 Å². The number of aromatic nitrogens is 1. The molecular weight excluding hydrogens is 244 g/mol. The quantitative estimate of drug-likeness (QED) is 0.724. The molecule has 1 aliphatic rings. The van der Waals surface area contributed by atoms with E-state index in [4.69, 9.17) is 0 Å². The Morgan fingerprint density at radius 2 is 1.85 bits per heavy atom. The number of hydrogen-bond donors (Lipinski definition) is 1. The summed E-state index contributed by atoms with van der Waals surface area (Å²) in [5.41, 5.74) is 6.41. The highest BCUT2D eigenvalue weighted by Gasteiger charge is 2.10. The van der Waals surface area contributed by atoms with Crippen molar-refractivity contribution >= 4 is 10.9 Å². The first kappa shape index (κ1) is 11.6. The first-order valence-electron chi connectivity index (χ1n) is 7.08. The molecule has 0 aliphatic carbocycles. The van der Waals surface area contributed by atoms with Crippen LogP contribution in [0.5, 0.6) is 0 Å². The lowest BCUT2D eigenvalue weighted by Gasteiger charge is -2.18. The van der Waals surface area contributed by atoms with Crippen molar-refractivity contribution in [2.75, 3.05) is 6.54 Å². The van der Waals surface area contributed by atoms with Gasteiger partial charge in [-0.05, 0) is 41.8 Å². The van der Waals surface area contributed by atoms with Crippen LogP contribution in [0.3, 0.4) is 0 Å². The van der Waals surface area contributed by atoms with Gasteiger partial charge >= 0.3 is 0 Å². The van der Waals surface area contributed by atoms with Crippen LogP contribution in [0.25, 0.3) is 22.0 Å². The summed E-state index contributed by atoms with van der Waals surface area (Å²) in [6.07, 6.45) is 3.09. The molecular formula is C18H16N2. The lowest BCUT2D eigenvalue weighted by Crippen LogP contribution is -2.23. The monoisotopic (exact) mass is 260 g/mol. The molecule has 3 aromatic rings. The summed E-state index contributed by atoms with van der Waals surface area (Å²) in [7, 11) is 0. The predicted molar refractivity (Wildman–Crippen MR) is 82.6 cm³/mol. The molecule has 2 nitrogen and oxygen atoms in total. The zero-order valence-electron chi connectivity index (χ0n) is 11.3. The number of nitrogens with zero attached hydrogens (tertiary/aromatic N) is 1. The molecule has 1 aromatic heterocycles. The molecule has 0 atom stereocenters. The lowest BCUT2D eigenvalue weighted by atomic mass is 9.95. The van der Waals surface area contributed by atoms with Crippen LogP contribution in [0.4, 0.5) is 0 Å². The highest BCUT2D eigenvalue weighted by molar-refractivity contribution is 5.83. The largest absolute Gasteiger partial charge is 0.312 e. The minimum Gasteiger partial charge on any atom is -0.312 e. The van der Waals surface area contributed by atoms with E-state index in [1.807, 2.05) is 12.3 Å². The van der Waals surface area contributed by atoms with E-state index in [1.54, 1.807) is 0 Å². The molecule has 2 aromatic carbocycles. The third-order valence-corrected chi connectivity index (χ3v) is 4.02. The van der Waals surface area contributed by atoms with Crippen LogP contribution in [0.1, 0.15) is 11.1 Å². The van der Waals surface area contributed by atoms with Crippen LogP contribution in [-0.2, 0) is 13.0 Å². The van der Waals surface area contributed by atoms with Crippen molar-refractivity contribution in [2.24, 2.45) is 0 Å². The number of rotatable bonds is 1. The zero-order valence-corrected chi connectivity index (χ0v) is 11.3. The van der Waals surface area contributed by atoms with Gasteiger partial charge in [0, 0.05) is 23.7 Å². The van der Waals surface area contributed by atoms with E-state index in [9.17, 15) is 0 Å². The molecule has 98 valence electrons. The molecule has 0 bridgehead atoms. The Balaban J connectivity index is 1.82. The van der Waals surface area contributed by atoms with E-state index in [-0.39, 0.29) is 0 Å². The first-order valence-corrected chi connectivity index (χ1v) is 7.08. The predicted octanol–water partition coefficient (Wildman–Crippen LogP) is 3.55. The Hall–Kier alpha value is -2.19. The van der Waals surface area contributed by atoms with Crippen molar-refractivity contribution in [1.82, 2.24) is 10.3 Å². The van der Waals surface area contributed by atoms with Crippen molar-refractivity contribution in [3.63, 3.8) is 0 Å². The van der Waals surface area contributed by atoms with Crippen LogP contribution in [-0.4, -0.2) is 11.5 Å². The number of para-hydroxylation sites is 1. The van der Waals surface area contributed by atoms with E-state index < -0.39 is 0 Å². The van der Waals surface area contributed by atoms with Gasteiger partial charge in [0.25, 0.3) is 0 Å². The molecule has 0 fully saturated rings. The van der Waals surface area contributed by atoms with Crippen LogP contribution in [0.2, 0.25) is 0 Å². The number of fused-ring (bicyclic) bond motifs is 2. The van der Waals surface area contributed by atoms with Gasteiger partial charge in [0.15, 0.2) is 0 Å². The zero-order chi connectivity index (χ0) is 13.4. The van der Waals surface area contributed by atoms with Gasteiger partial charge in [-0.1, -0.05) is 36.4 Å². The average molecular weight is 260 g/mol. The van der Waals surface area contributed by atoms with E-state index in [1.165, 1.54) is 27.6 Å². The van der Waals surface area contributed by atoms with Gasteiger partial charge in [-0.25, -0.2) is 0 Å². The smallest absolute Gasteiger partial charge is 0.0702 e. The SMILES string of the molecule is c1ccc2ncc(-c3ccc4c(c3)CCNC4)cc2c1. The second kappa shape index (κ2) is 4.73. The fourth-order valence-corrected chi connectivity index (χ4v) is 2.89. The van der Waals surface area contributed by atoms with Crippen molar-refractivity contribution in [1.29, 1.82) is 0 Å². The summed E-state index contributed by atoms with van der Waals surface area (Å²) in [6, 6.07) is 17.3. The summed E-state index contributed by atoms with van der Waals surface area (Å²) in [4.78, 5) is 4.56. The number of pyridine rings is 1. The van der Waals surface area contributed by atoms with Crippen LogP contribution >= 0.6 is 0 Å². The highest BCUT2D eigenvalue weighted by Crippen LogP contribution is 2.26. The number of nitrogens with one attached hydrogen (secondary N) is 1. The second-order valence-electron chi connectivity index (χ2n) is 5.33. The first-order chi connectivity index (χ1) is 9.90. The van der Waals surface area contributed by atoms with Gasteiger partial charge in [0.1, 0.15) is 0 Å². The van der Waals surface area contributed by atoms with Crippen molar-refractivity contribution in [2.45, 2.75) is 13.0 Å². The van der Waals surface area contributed by atoms with Gasteiger partial charge in [-0.15, -0.1) is 0 Å². The van der Waals surface area contributed by atoms with Gasteiger partial charge in [-0.3, -0.25) is 4.98 Å². The Bertz CT molecular complexity index is 777. The maximum absolute atomic E-state index is 4.56. The van der Waals surface area contributed by atoms with E-state index in [2.05, 4.69) is 52.8 Å². The van der Waals surface area contributed by atoms with Gasteiger partial charge in [0.05, 0.1) is 5.52 Å². The maximum Gasteiger partial charge on any atom is 0.0702 e. The molecule has 0 unspecified atom stereocenters. The molecule has 1 aliphatic heterocycles. The van der Waals surface area contributed by atoms with Crippen molar-refractivity contribution in [3.05, 3.63) is 65.9 Å². The van der Waals surface area contributed by atoms with Crippen LogP contribution in [0, 0.1) is 0 Å². The average Bonchev–Trinajstić information content (AvgIpc) is 2.54. The number of benzene rings is 2. The molecule has 2 heterocycles. The molecule has 0 spiro atoms. The Morgan fingerprint density at radius 1 is 0.900 bits per heavy atom. The lowest BCUT2D eigenvalue weighted by molar-refractivity contribution is 0.644. The summed E-state index contributed by atoms with van der Waals surface area (Å²) in [5.74, 6) is 0. The summed E-state index contributed by atoms with van der Waals surface area (Å²) >= 11 is 0. The fraction of sp³-hybridized carbons (Fsp3) is 0.167. The standard InChI is InChI=1S/C18H16N2/c1-2-4-18-15(3-1)10-17(12-20-18)13-5-6-16-11-19-8-7-14(16)9-13/h1-6,9-10,12,19H,7-8,11H2. The van der Waals surface area contributed by atoms with Crippen molar-refractivity contribution < 1.29 is 0 Å². The van der Waals surface area contributed by atoms with Crippen molar-refractivity contribution in [3.8, 4) is 11.1 Å². The highest BCUT2D eigenvalue weighted by atomic mass is 14.9. The maximum atomic E-state index is 4.56. The molecule has 2 heteroatoms. The van der Waals surface area contributed by atoms with Gasteiger partial charge in [0.2, 0.25) is 0 Å². The van der Waals surface area contributed by atoms with E-state index in [0.29, 0.717) is 0 Å². The summed E-state index contributed by atoms with van der Waals surface area (Å²) in [5, 5.41) is 4.61. The van der Waals surface area contributed by atoms with Crippen LogP contribution < -0.4 is 5.32 Å². The topological polar surface area (TPSA) is 24.9 Å².